The molecule has 0 unspecified atom stereocenters. The van der Waals surface area contributed by atoms with E-state index in [0.29, 0.717) is 19.7 Å². The van der Waals surface area contributed by atoms with Gasteiger partial charge in [-0.15, -0.1) is 0 Å². The smallest absolute Gasteiger partial charge is 0.326 e. The quantitative estimate of drug-likeness (QED) is 0.254. The van der Waals surface area contributed by atoms with E-state index in [4.69, 9.17) is 10.3 Å². The summed E-state index contributed by atoms with van der Waals surface area (Å²) in [6.45, 7) is 3.09. The summed E-state index contributed by atoms with van der Waals surface area (Å²) in [6.07, 6.45) is 4.85. The molecule has 1 aliphatic rings. The van der Waals surface area contributed by atoms with Gasteiger partial charge in [-0.25, -0.2) is 0 Å². The molecule has 0 aliphatic heterocycles. The molecule has 0 amide bonds. The maximum absolute atomic E-state index is 12.0. The third-order valence-electron chi connectivity index (χ3n) is 3.11. The zero-order chi connectivity index (χ0) is 12.6. The van der Waals surface area contributed by atoms with Crippen LogP contribution in [0.1, 0.15) is 39.0 Å². The van der Waals surface area contributed by atoms with Gasteiger partial charge >= 0.3 is 5.97 Å². The lowest BCUT2D eigenvalue weighted by molar-refractivity contribution is -0.152. The Hall–Kier alpha value is -1.26. The first-order chi connectivity index (χ1) is 8.25. The number of hydrogen-bond acceptors (Lipinski definition) is 4. The molecule has 1 aliphatic carbocycles. The number of azide groups is 1. The fourth-order valence-corrected chi connectivity index (χ4v) is 2.27. The molecule has 6 nitrogen and oxygen atoms in total. The molecule has 0 saturated heterocycles. The fraction of sp³-hybridized carbons (Fsp3) is 0.909. The molecule has 0 radical (unpaired) electrons. The van der Waals surface area contributed by atoms with Gasteiger partial charge in [0, 0.05) is 18.0 Å². The number of nitrogens with zero attached hydrogens (tertiary/aromatic N) is 3. The molecule has 0 atom stereocenters. The minimum Gasteiger partial charge on any atom is -0.465 e. The van der Waals surface area contributed by atoms with Crippen molar-refractivity contribution >= 4 is 5.97 Å². The molecule has 1 saturated carbocycles. The van der Waals surface area contributed by atoms with Gasteiger partial charge < -0.3 is 10.1 Å². The summed E-state index contributed by atoms with van der Waals surface area (Å²) in [5.41, 5.74) is 7.64. The van der Waals surface area contributed by atoms with Crippen molar-refractivity contribution in [3.8, 4) is 0 Å². The summed E-state index contributed by atoms with van der Waals surface area (Å²) in [7, 11) is 0. The van der Waals surface area contributed by atoms with Gasteiger partial charge in [0.2, 0.25) is 0 Å². The maximum atomic E-state index is 12.0. The summed E-state index contributed by atoms with van der Waals surface area (Å²) >= 11 is 0. The second kappa shape index (κ2) is 7.14. The van der Waals surface area contributed by atoms with Crippen LogP contribution in [0.25, 0.3) is 10.4 Å². The first kappa shape index (κ1) is 13.8. The van der Waals surface area contributed by atoms with Crippen LogP contribution in [0.2, 0.25) is 0 Å². The van der Waals surface area contributed by atoms with Crippen LogP contribution in [-0.2, 0) is 9.53 Å². The number of esters is 1. The molecule has 0 aromatic heterocycles. The summed E-state index contributed by atoms with van der Waals surface area (Å²) in [4.78, 5) is 14.7. The molecular formula is C11H20N4O2. The van der Waals surface area contributed by atoms with Crippen LogP contribution in [0, 0.1) is 0 Å². The van der Waals surface area contributed by atoms with E-state index in [2.05, 4.69) is 15.3 Å². The maximum Gasteiger partial charge on any atom is 0.326 e. The first-order valence-electron chi connectivity index (χ1n) is 6.18. The zero-order valence-corrected chi connectivity index (χ0v) is 10.3. The Kier molecular flexibility index (Phi) is 5.80. The Labute approximate surface area is 101 Å². The van der Waals surface area contributed by atoms with Crippen molar-refractivity contribution in [2.24, 2.45) is 5.11 Å². The summed E-state index contributed by atoms with van der Waals surface area (Å²) < 4.78 is 5.14. The van der Waals surface area contributed by atoms with Gasteiger partial charge in [-0.05, 0) is 25.3 Å². The van der Waals surface area contributed by atoms with Crippen LogP contribution in [0.5, 0.6) is 0 Å². The molecule has 96 valence electrons. The lowest BCUT2D eigenvalue weighted by Gasteiger charge is -2.35. The van der Waals surface area contributed by atoms with Gasteiger partial charge in [-0.3, -0.25) is 4.79 Å². The lowest BCUT2D eigenvalue weighted by atomic mass is 9.81. The summed E-state index contributed by atoms with van der Waals surface area (Å²) in [6, 6.07) is 0. The molecule has 1 N–H and O–H groups in total. The molecule has 1 rings (SSSR count). The van der Waals surface area contributed by atoms with Crippen molar-refractivity contribution in [1.29, 1.82) is 0 Å². The molecule has 0 heterocycles. The van der Waals surface area contributed by atoms with E-state index < -0.39 is 5.54 Å². The van der Waals surface area contributed by atoms with Crippen molar-refractivity contribution in [2.75, 3.05) is 19.7 Å². The number of hydrogen-bond donors (Lipinski definition) is 1. The molecule has 0 spiro atoms. The summed E-state index contributed by atoms with van der Waals surface area (Å²) in [5, 5.41) is 6.67. The van der Waals surface area contributed by atoms with Gasteiger partial charge in [0.15, 0.2) is 0 Å². The van der Waals surface area contributed by atoms with Crippen molar-refractivity contribution < 1.29 is 9.53 Å². The second-order valence-corrected chi connectivity index (χ2v) is 4.24. The Morgan fingerprint density at radius 2 is 2.18 bits per heavy atom. The highest BCUT2D eigenvalue weighted by Gasteiger charge is 2.40. The highest BCUT2D eigenvalue weighted by molar-refractivity contribution is 5.81. The third kappa shape index (κ3) is 3.91. The number of nitrogens with one attached hydrogen (secondary N) is 1. The minimum atomic E-state index is -0.556. The van der Waals surface area contributed by atoms with Crippen molar-refractivity contribution in [3.63, 3.8) is 0 Å². The first-order valence-corrected chi connectivity index (χ1v) is 6.18. The highest BCUT2D eigenvalue weighted by Crippen LogP contribution is 2.29. The van der Waals surface area contributed by atoms with Crippen molar-refractivity contribution in [1.82, 2.24) is 5.32 Å². The zero-order valence-electron chi connectivity index (χ0n) is 10.3. The normalized spacial score (nSPS) is 18.2. The molecule has 1 fully saturated rings. The standard InChI is InChI=1S/C11H20N4O2/c1-2-17-10(16)11(6-4-3-5-7-11)13-8-9-14-15-12/h13H,2-9H2,1H3. The van der Waals surface area contributed by atoms with E-state index in [-0.39, 0.29) is 5.97 Å². The van der Waals surface area contributed by atoms with Gasteiger partial charge in [-0.2, -0.15) is 0 Å². The SMILES string of the molecule is CCOC(=O)C1(NCCN=[N+]=[N-])CCCCC1. The predicted molar refractivity (Wildman–Crippen MR) is 64.5 cm³/mol. The van der Waals surface area contributed by atoms with Gasteiger partial charge in [0.05, 0.1) is 6.61 Å². The van der Waals surface area contributed by atoms with Gasteiger partial charge in [-0.1, -0.05) is 24.4 Å². The van der Waals surface area contributed by atoms with Crippen LogP contribution in [0.4, 0.5) is 0 Å². The molecular weight excluding hydrogens is 220 g/mol. The number of carbonyl (C=O) groups excluding carboxylic acids is 1. The average Bonchev–Trinajstić information content (AvgIpc) is 2.36. The molecule has 6 heteroatoms. The van der Waals surface area contributed by atoms with Crippen LogP contribution in [0.3, 0.4) is 0 Å². The fourth-order valence-electron chi connectivity index (χ4n) is 2.27. The lowest BCUT2D eigenvalue weighted by Crippen LogP contribution is -2.54. The summed E-state index contributed by atoms with van der Waals surface area (Å²) in [5.74, 6) is -0.166. The Morgan fingerprint density at radius 3 is 2.76 bits per heavy atom. The van der Waals surface area contributed by atoms with E-state index in [1.807, 2.05) is 6.92 Å². The highest BCUT2D eigenvalue weighted by atomic mass is 16.5. The molecule has 0 aromatic rings. The predicted octanol–water partition coefficient (Wildman–Crippen LogP) is 2.15. The number of rotatable bonds is 6. The van der Waals surface area contributed by atoms with E-state index in [9.17, 15) is 4.79 Å². The van der Waals surface area contributed by atoms with E-state index >= 15 is 0 Å². The average molecular weight is 240 g/mol. The van der Waals surface area contributed by atoms with E-state index in [0.717, 1.165) is 25.7 Å². The Morgan fingerprint density at radius 1 is 1.47 bits per heavy atom. The molecule has 0 bridgehead atoms. The van der Waals surface area contributed by atoms with E-state index in [1.54, 1.807) is 0 Å². The Bertz CT molecular complexity index is 294. The van der Waals surface area contributed by atoms with Crippen LogP contribution in [-0.4, -0.2) is 31.2 Å². The Balaban J connectivity index is 2.57. The second-order valence-electron chi connectivity index (χ2n) is 4.24. The van der Waals surface area contributed by atoms with Crippen LogP contribution in [0.15, 0.2) is 5.11 Å². The van der Waals surface area contributed by atoms with E-state index in [1.165, 1.54) is 6.42 Å². The van der Waals surface area contributed by atoms with Crippen LogP contribution >= 0.6 is 0 Å². The van der Waals surface area contributed by atoms with Gasteiger partial charge in [0.1, 0.15) is 5.54 Å². The minimum absolute atomic E-state index is 0.166. The topological polar surface area (TPSA) is 87.1 Å². The molecule has 0 aromatic carbocycles. The third-order valence-corrected chi connectivity index (χ3v) is 3.11. The monoisotopic (exact) mass is 240 g/mol. The molecule has 17 heavy (non-hydrogen) atoms. The number of ether oxygens (including phenoxy) is 1. The largest absolute Gasteiger partial charge is 0.465 e. The van der Waals surface area contributed by atoms with Crippen molar-refractivity contribution in [2.45, 2.75) is 44.6 Å². The van der Waals surface area contributed by atoms with Gasteiger partial charge in [0.25, 0.3) is 0 Å². The number of carbonyl (C=O) groups is 1. The van der Waals surface area contributed by atoms with Crippen molar-refractivity contribution in [3.05, 3.63) is 10.4 Å². The van der Waals surface area contributed by atoms with Crippen LogP contribution < -0.4 is 5.32 Å².